The summed E-state index contributed by atoms with van der Waals surface area (Å²) in [5.74, 6) is 0.673. The highest BCUT2D eigenvalue weighted by molar-refractivity contribution is 5.12. The van der Waals surface area contributed by atoms with Gasteiger partial charge in [0, 0.05) is 24.8 Å². The van der Waals surface area contributed by atoms with Crippen LogP contribution in [0.15, 0.2) is 18.5 Å². The van der Waals surface area contributed by atoms with Crippen LogP contribution in [0, 0.1) is 5.92 Å². The molecule has 21 heavy (non-hydrogen) atoms. The topological polar surface area (TPSA) is 47.7 Å². The van der Waals surface area contributed by atoms with Gasteiger partial charge in [0.2, 0.25) is 0 Å². The summed E-state index contributed by atoms with van der Waals surface area (Å²) < 4.78 is 4.06. The fraction of sp³-hybridized carbons (Fsp3) is 0.625. The van der Waals surface area contributed by atoms with Gasteiger partial charge in [0.15, 0.2) is 0 Å². The molecule has 0 saturated heterocycles. The van der Waals surface area contributed by atoms with Crippen LogP contribution in [0.4, 0.5) is 0 Å². The van der Waals surface area contributed by atoms with E-state index in [1.165, 1.54) is 11.3 Å². The zero-order valence-electron chi connectivity index (χ0n) is 13.6. The van der Waals surface area contributed by atoms with Crippen molar-refractivity contribution < 1.29 is 0 Å². The minimum atomic E-state index is 0.673. The molecule has 0 saturated carbocycles. The van der Waals surface area contributed by atoms with Crippen LogP contribution in [0.2, 0.25) is 0 Å². The van der Waals surface area contributed by atoms with Crippen molar-refractivity contribution in [1.82, 2.24) is 24.9 Å². The van der Waals surface area contributed by atoms with Gasteiger partial charge < -0.3 is 5.32 Å². The highest BCUT2D eigenvalue weighted by atomic mass is 15.3. The van der Waals surface area contributed by atoms with Gasteiger partial charge in [0.25, 0.3) is 0 Å². The predicted octanol–water partition coefficient (Wildman–Crippen LogP) is 2.46. The molecule has 2 rings (SSSR count). The Morgan fingerprint density at radius 2 is 2.10 bits per heavy atom. The third-order valence-corrected chi connectivity index (χ3v) is 3.47. The molecule has 0 unspecified atom stereocenters. The third kappa shape index (κ3) is 4.43. The molecule has 0 amide bonds. The molecule has 1 N–H and O–H groups in total. The number of aromatic nitrogens is 4. The second-order valence-corrected chi connectivity index (χ2v) is 5.87. The van der Waals surface area contributed by atoms with Crippen LogP contribution in [0.1, 0.15) is 44.6 Å². The molecule has 5 nitrogen and oxygen atoms in total. The predicted molar refractivity (Wildman–Crippen MR) is 85.2 cm³/mol. The number of hydrogen-bond acceptors (Lipinski definition) is 3. The summed E-state index contributed by atoms with van der Waals surface area (Å²) >= 11 is 0. The maximum absolute atomic E-state index is 4.58. The van der Waals surface area contributed by atoms with E-state index in [0.717, 1.165) is 38.3 Å². The molecule has 0 aliphatic carbocycles. The lowest BCUT2D eigenvalue weighted by molar-refractivity contribution is 0.551. The second-order valence-electron chi connectivity index (χ2n) is 5.87. The molecular formula is C16H27N5. The largest absolute Gasteiger partial charge is 0.312 e. The van der Waals surface area contributed by atoms with Crippen molar-refractivity contribution >= 4 is 0 Å². The van der Waals surface area contributed by atoms with Crippen molar-refractivity contribution in [2.45, 2.75) is 53.8 Å². The van der Waals surface area contributed by atoms with E-state index in [0.29, 0.717) is 5.92 Å². The quantitative estimate of drug-likeness (QED) is 0.812. The van der Waals surface area contributed by atoms with E-state index in [-0.39, 0.29) is 0 Å². The van der Waals surface area contributed by atoms with Gasteiger partial charge in [0.1, 0.15) is 0 Å². The van der Waals surface area contributed by atoms with E-state index in [1.54, 1.807) is 0 Å². The minimum Gasteiger partial charge on any atom is -0.312 e. The summed E-state index contributed by atoms with van der Waals surface area (Å²) in [7, 11) is 0. The summed E-state index contributed by atoms with van der Waals surface area (Å²) in [6.07, 6.45) is 5.04. The van der Waals surface area contributed by atoms with Crippen molar-refractivity contribution in [3.05, 3.63) is 35.4 Å². The van der Waals surface area contributed by atoms with Crippen LogP contribution in [-0.4, -0.2) is 26.1 Å². The lowest BCUT2D eigenvalue weighted by Crippen LogP contribution is -2.18. The number of nitrogens with zero attached hydrogens (tertiary/aromatic N) is 4. The fourth-order valence-corrected chi connectivity index (χ4v) is 2.34. The van der Waals surface area contributed by atoms with Crippen LogP contribution in [0.25, 0.3) is 0 Å². The molecule has 116 valence electrons. The Hall–Kier alpha value is -1.62. The molecule has 0 fully saturated rings. The first-order chi connectivity index (χ1) is 10.1. The molecule has 0 atom stereocenters. The van der Waals surface area contributed by atoms with Crippen molar-refractivity contribution in [3.8, 4) is 0 Å². The van der Waals surface area contributed by atoms with E-state index in [9.17, 15) is 0 Å². The first kappa shape index (κ1) is 15.8. The van der Waals surface area contributed by atoms with Crippen LogP contribution >= 0.6 is 0 Å². The van der Waals surface area contributed by atoms with Gasteiger partial charge >= 0.3 is 0 Å². The van der Waals surface area contributed by atoms with E-state index in [1.807, 2.05) is 10.9 Å². The molecule has 5 heteroatoms. The summed E-state index contributed by atoms with van der Waals surface area (Å²) in [4.78, 5) is 0. The standard InChI is InChI=1S/C16H27N5/c1-5-15-7-16(21(6-2)19-15)12-20-11-14(10-18-20)9-17-8-13(3)4/h7,10-11,13,17H,5-6,8-9,12H2,1-4H3. The molecule has 0 aromatic carbocycles. The summed E-state index contributed by atoms with van der Waals surface area (Å²) in [5.41, 5.74) is 3.60. The van der Waals surface area contributed by atoms with E-state index < -0.39 is 0 Å². The molecule has 2 heterocycles. The normalized spacial score (nSPS) is 11.5. The maximum Gasteiger partial charge on any atom is 0.0828 e. The summed E-state index contributed by atoms with van der Waals surface area (Å²) in [6.45, 7) is 12.3. The SMILES string of the molecule is CCc1cc(Cn2cc(CNCC(C)C)cn2)n(CC)n1. The number of aryl methyl sites for hydroxylation is 2. The first-order valence-corrected chi connectivity index (χ1v) is 7.90. The van der Waals surface area contributed by atoms with Crippen LogP contribution in [0.5, 0.6) is 0 Å². The highest BCUT2D eigenvalue weighted by Gasteiger charge is 2.07. The van der Waals surface area contributed by atoms with Crippen molar-refractivity contribution in [1.29, 1.82) is 0 Å². The zero-order chi connectivity index (χ0) is 15.2. The average molecular weight is 289 g/mol. The van der Waals surface area contributed by atoms with Gasteiger partial charge in [-0.1, -0.05) is 20.8 Å². The van der Waals surface area contributed by atoms with Gasteiger partial charge in [-0.3, -0.25) is 9.36 Å². The average Bonchev–Trinajstić information content (AvgIpc) is 3.05. The zero-order valence-corrected chi connectivity index (χ0v) is 13.6. The highest BCUT2D eigenvalue weighted by Crippen LogP contribution is 2.08. The van der Waals surface area contributed by atoms with Crippen LogP contribution < -0.4 is 5.32 Å². The molecular weight excluding hydrogens is 262 g/mol. The van der Waals surface area contributed by atoms with Gasteiger partial charge in [-0.2, -0.15) is 10.2 Å². The summed E-state index contributed by atoms with van der Waals surface area (Å²) in [6, 6.07) is 2.18. The van der Waals surface area contributed by atoms with Crippen LogP contribution in [0.3, 0.4) is 0 Å². The van der Waals surface area contributed by atoms with E-state index >= 15 is 0 Å². The lowest BCUT2D eigenvalue weighted by Gasteiger charge is -2.05. The molecule has 0 spiro atoms. The Labute approximate surface area is 127 Å². The molecule has 2 aromatic rings. The Kier molecular flexibility index (Phi) is 5.56. The van der Waals surface area contributed by atoms with Gasteiger partial charge in [-0.25, -0.2) is 0 Å². The van der Waals surface area contributed by atoms with Crippen molar-refractivity contribution in [2.24, 2.45) is 5.92 Å². The maximum atomic E-state index is 4.58. The Bertz CT molecular complexity index is 553. The fourth-order valence-electron chi connectivity index (χ4n) is 2.34. The van der Waals surface area contributed by atoms with Crippen molar-refractivity contribution in [3.63, 3.8) is 0 Å². The third-order valence-electron chi connectivity index (χ3n) is 3.47. The minimum absolute atomic E-state index is 0.673. The van der Waals surface area contributed by atoms with Gasteiger partial charge in [-0.05, 0) is 31.9 Å². The first-order valence-electron chi connectivity index (χ1n) is 7.90. The van der Waals surface area contributed by atoms with Crippen LogP contribution in [-0.2, 0) is 26.1 Å². The molecule has 0 aliphatic rings. The Morgan fingerprint density at radius 1 is 1.29 bits per heavy atom. The monoisotopic (exact) mass is 289 g/mol. The smallest absolute Gasteiger partial charge is 0.0828 e. The Balaban J connectivity index is 1.97. The number of hydrogen-bond donors (Lipinski definition) is 1. The van der Waals surface area contributed by atoms with Gasteiger partial charge in [-0.15, -0.1) is 0 Å². The lowest BCUT2D eigenvalue weighted by atomic mass is 10.2. The molecule has 2 aromatic heterocycles. The number of rotatable bonds is 8. The number of nitrogens with one attached hydrogen (secondary N) is 1. The van der Waals surface area contributed by atoms with E-state index in [2.05, 4.69) is 60.2 Å². The summed E-state index contributed by atoms with van der Waals surface area (Å²) in [5, 5.41) is 12.5. The molecule has 0 radical (unpaired) electrons. The molecule has 0 bridgehead atoms. The molecule has 0 aliphatic heterocycles. The van der Waals surface area contributed by atoms with Gasteiger partial charge in [0.05, 0.1) is 24.1 Å². The second kappa shape index (κ2) is 7.41. The van der Waals surface area contributed by atoms with Crippen molar-refractivity contribution in [2.75, 3.05) is 6.54 Å². The Morgan fingerprint density at radius 3 is 2.76 bits per heavy atom. The van der Waals surface area contributed by atoms with E-state index in [4.69, 9.17) is 0 Å².